The van der Waals surface area contributed by atoms with Crippen molar-refractivity contribution >= 4 is 11.7 Å². The van der Waals surface area contributed by atoms with E-state index in [0.717, 1.165) is 25.0 Å². The summed E-state index contributed by atoms with van der Waals surface area (Å²) in [6, 6.07) is 2.73. The number of carbonyl (C=O) groups excluding carboxylic acids is 1. The maximum absolute atomic E-state index is 12.9. The van der Waals surface area contributed by atoms with Gasteiger partial charge in [0, 0.05) is 13.1 Å². The number of alkyl halides is 3. The van der Waals surface area contributed by atoms with Crippen molar-refractivity contribution in [3.63, 3.8) is 0 Å². The molecule has 1 atom stereocenters. The minimum absolute atomic E-state index is 0.0535. The molecule has 1 saturated heterocycles. The van der Waals surface area contributed by atoms with Crippen LogP contribution >= 0.6 is 0 Å². The Morgan fingerprint density at radius 3 is 2.74 bits per heavy atom. The van der Waals surface area contributed by atoms with Gasteiger partial charge in [0.15, 0.2) is 0 Å². The maximum Gasteiger partial charge on any atom is 0.416 e. The average molecular weight is 330 g/mol. The summed E-state index contributed by atoms with van der Waals surface area (Å²) in [5.74, 6) is 0.651. The first-order valence-corrected chi connectivity index (χ1v) is 7.71. The SMILES string of the molecule is CCCOc1ccc(C(F)(F)F)cc1NC(=O)N1CCC(C)C1. The third kappa shape index (κ3) is 4.53. The third-order valence-electron chi connectivity index (χ3n) is 3.72. The van der Waals surface area contributed by atoms with Gasteiger partial charge in [-0.25, -0.2) is 4.79 Å². The molecule has 128 valence electrons. The molecule has 1 aromatic carbocycles. The molecule has 1 N–H and O–H groups in total. The molecule has 0 spiro atoms. The van der Waals surface area contributed by atoms with Crippen molar-refractivity contribution in [3.8, 4) is 5.75 Å². The highest BCUT2D eigenvalue weighted by atomic mass is 19.4. The zero-order valence-corrected chi connectivity index (χ0v) is 13.2. The Labute approximate surface area is 133 Å². The van der Waals surface area contributed by atoms with E-state index in [-0.39, 0.29) is 11.4 Å². The van der Waals surface area contributed by atoms with Crippen molar-refractivity contribution in [2.75, 3.05) is 25.0 Å². The fourth-order valence-corrected chi connectivity index (χ4v) is 2.46. The smallest absolute Gasteiger partial charge is 0.416 e. The molecule has 1 heterocycles. The highest BCUT2D eigenvalue weighted by molar-refractivity contribution is 5.91. The molecule has 0 radical (unpaired) electrons. The number of nitrogens with one attached hydrogen (secondary N) is 1. The quantitative estimate of drug-likeness (QED) is 0.891. The Balaban J connectivity index is 2.20. The van der Waals surface area contributed by atoms with E-state index < -0.39 is 17.8 Å². The van der Waals surface area contributed by atoms with E-state index in [4.69, 9.17) is 4.74 Å². The predicted molar refractivity (Wildman–Crippen MR) is 81.6 cm³/mol. The van der Waals surface area contributed by atoms with Gasteiger partial charge >= 0.3 is 12.2 Å². The number of amides is 2. The summed E-state index contributed by atoms with van der Waals surface area (Å²) in [5, 5.41) is 2.56. The lowest BCUT2D eigenvalue weighted by Crippen LogP contribution is -2.33. The Morgan fingerprint density at radius 2 is 2.17 bits per heavy atom. The van der Waals surface area contributed by atoms with E-state index in [1.54, 1.807) is 4.90 Å². The van der Waals surface area contributed by atoms with Crippen LogP contribution in [0.25, 0.3) is 0 Å². The second kappa shape index (κ2) is 7.10. The second-order valence-corrected chi connectivity index (χ2v) is 5.83. The molecular weight excluding hydrogens is 309 g/mol. The number of anilines is 1. The van der Waals surface area contributed by atoms with Crippen LogP contribution < -0.4 is 10.1 Å². The van der Waals surface area contributed by atoms with Crippen molar-refractivity contribution in [1.82, 2.24) is 4.90 Å². The fourth-order valence-electron chi connectivity index (χ4n) is 2.46. The summed E-state index contributed by atoms with van der Waals surface area (Å²) in [6.07, 6.45) is -2.85. The number of halogens is 3. The van der Waals surface area contributed by atoms with Crippen LogP contribution in [-0.4, -0.2) is 30.6 Å². The van der Waals surface area contributed by atoms with Gasteiger partial charge in [-0.1, -0.05) is 13.8 Å². The van der Waals surface area contributed by atoms with Crippen LogP contribution in [0.3, 0.4) is 0 Å². The first kappa shape index (κ1) is 17.4. The van der Waals surface area contributed by atoms with Gasteiger partial charge in [-0.2, -0.15) is 13.2 Å². The van der Waals surface area contributed by atoms with Gasteiger partial charge < -0.3 is 15.0 Å². The standard InChI is InChI=1S/C16H21F3N2O2/c1-3-8-23-14-5-4-12(16(17,18)19)9-13(14)20-15(22)21-7-6-11(2)10-21/h4-5,9,11H,3,6-8,10H2,1-2H3,(H,20,22). The van der Waals surface area contributed by atoms with Gasteiger partial charge in [-0.3, -0.25) is 0 Å². The number of likely N-dealkylation sites (tertiary alicyclic amines) is 1. The normalized spacial score (nSPS) is 18.1. The summed E-state index contributed by atoms with van der Waals surface area (Å²) >= 11 is 0. The van der Waals surface area contributed by atoms with Crippen molar-refractivity contribution in [2.24, 2.45) is 5.92 Å². The Hall–Kier alpha value is -1.92. The van der Waals surface area contributed by atoms with E-state index in [0.29, 0.717) is 25.6 Å². The molecule has 4 nitrogen and oxygen atoms in total. The summed E-state index contributed by atoms with van der Waals surface area (Å²) in [7, 11) is 0. The van der Waals surface area contributed by atoms with Crippen LogP contribution in [0.1, 0.15) is 32.3 Å². The molecule has 1 aliphatic heterocycles. The lowest BCUT2D eigenvalue weighted by Gasteiger charge is -2.19. The molecule has 23 heavy (non-hydrogen) atoms. The Kier molecular flexibility index (Phi) is 5.38. The summed E-state index contributed by atoms with van der Waals surface area (Å²) < 4.78 is 44.1. The summed E-state index contributed by atoms with van der Waals surface area (Å²) in [5.41, 5.74) is -0.760. The number of ether oxygens (including phenoxy) is 1. The minimum Gasteiger partial charge on any atom is -0.491 e. The number of hydrogen-bond donors (Lipinski definition) is 1. The number of carbonyl (C=O) groups is 1. The van der Waals surface area contributed by atoms with Gasteiger partial charge in [-0.05, 0) is 37.0 Å². The Bertz CT molecular complexity index is 561. The molecule has 0 aliphatic carbocycles. The van der Waals surface area contributed by atoms with Gasteiger partial charge in [0.05, 0.1) is 17.9 Å². The van der Waals surface area contributed by atoms with Crippen LogP contribution in [0, 0.1) is 5.92 Å². The molecular formula is C16H21F3N2O2. The number of hydrogen-bond acceptors (Lipinski definition) is 2. The lowest BCUT2D eigenvalue weighted by atomic mass is 10.1. The minimum atomic E-state index is -4.47. The van der Waals surface area contributed by atoms with Gasteiger partial charge in [0.2, 0.25) is 0 Å². The third-order valence-corrected chi connectivity index (χ3v) is 3.72. The Morgan fingerprint density at radius 1 is 1.43 bits per heavy atom. The van der Waals surface area contributed by atoms with E-state index in [9.17, 15) is 18.0 Å². The molecule has 0 bridgehead atoms. The molecule has 1 aliphatic rings. The molecule has 2 rings (SSSR count). The maximum atomic E-state index is 12.9. The largest absolute Gasteiger partial charge is 0.491 e. The van der Waals surface area contributed by atoms with E-state index in [1.165, 1.54) is 6.07 Å². The highest BCUT2D eigenvalue weighted by Crippen LogP contribution is 2.35. The first-order valence-electron chi connectivity index (χ1n) is 7.71. The molecule has 2 amide bonds. The summed E-state index contributed by atoms with van der Waals surface area (Å²) in [6.45, 7) is 5.52. The zero-order chi connectivity index (χ0) is 17.0. The van der Waals surface area contributed by atoms with Crippen LogP contribution in [0.15, 0.2) is 18.2 Å². The molecule has 7 heteroatoms. The van der Waals surface area contributed by atoms with Crippen LogP contribution in [0.4, 0.5) is 23.7 Å². The van der Waals surface area contributed by atoms with E-state index >= 15 is 0 Å². The molecule has 0 aromatic heterocycles. The van der Waals surface area contributed by atoms with Crippen molar-refractivity contribution in [1.29, 1.82) is 0 Å². The van der Waals surface area contributed by atoms with Gasteiger partial charge in [0.25, 0.3) is 0 Å². The zero-order valence-electron chi connectivity index (χ0n) is 13.2. The van der Waals surface area contributed by atoms with Crippen molar-refractivity contribution in [3.05, 3.63) is 23.8 Å². The molecule has 1 unspecified atom stereocenters. The number of rotatable bonds is 4. The molecule has 1 fully saturated rings. The van der Waals surface area contributed by atoms with Crippen molar-refractivity contribution < 1.29 is 22.7 Å². The monoisotopic (exact) mass is 330 g/mol. The summed E-state index contributed by atoms with van der Waals surface area (Å²) in [4.78, 5) is 13.8. The molecule has 0 saturated carbocycles. The second-order valence-electron chi connectivity index (χ2n) is 5.83. The number of urea groups is 1. The first-order chi connectivity index (χ1) is 10.8. The van der Waals surface area contributed by atoms with E-state index in [2.05, 4.69) is 5.32 Å². The predicted octanol–water partition coefficient (Wildman–Crippen LogP) is 4.37. The van der Waals surface area contributed by atoms with Gasteiger partial charge in [-0.15, -0.1) is 0 Å². The van der Waals surface area contributed by atoms with Crippen LogP contribution in [0.5, 0.6) is 5.75 Å². The van der Waals surface area contributed by atoms with Crippen molar-refractivity contribution in [2.45, 2.75) is 32.9 Å². The number of nitrogens with zero attached hydrogens (tertiary/aromatic N) is 1. The van der Waals surface area contributed by atoms with Crippen LogP contribution in [0.2, 0.25) is 0 Å². The highest BCUT2D eigenvalue weighted by Gasteiger charge is 2.32. The fraction of sp³-hybridized carbons (Fsp3) is 0.562. The average Bonchev–Trinajstić information content (AvgIpc) is 2.91. The van der Waals surface area contributed by atoms with E-state index in [1.807, 2.05) is 13.8 Å². The lowest BCUT2D eigenvalue weighted by molar-refractivity contribution is -0.137. The van der Waals surface area contributed by atoms with Crippen LogP contribution in [-0.2, 0) is 6.18 Å². The molecule has 1 aromatic rings. The number of benzene rings is 1. The topological polar surface area (TPSA) is 41.6 Å². The van der Waals surface area contributed by atoms with Gasteiger partial charge in [0.1, 0.15) is 5.75 Å².